The number of nitro benzene ring substituents is 1. The van der Waals surface area contributed by atoms with E-state index >= 15 is 0 Å². The first kappa shape index (κ1) is 15.1. The molecule has 0 aromatic heterocycles. The first-order valence-electron chi connectivity index (χ1n) is 6.29. The molecule has 0 radical (unpaired) electrons. The number of nitrogens with two attached hydrogens (primary N) is 1. The molecule has 0 heterocycles. The number of hydrogen-bond donors (Lipinski definition) is 2. The molecule has 19 heavy (non-hydrogen) atoms. The molecule has 0 saturated carbocycles. The number of nitrogens with one attached hydrogen (secondary N) is 1. The van der Waals surface area contributed by atoms with E-state index < -0.39 is 4.92 Å². The van der Waals surface area contributed by atoms with Crippen LogP contribution in [-0.2, 0) is 4.79 Å². The zero-order valence-corrected chi connectivity index (χ0v) is 11.0. The van der Waals surface area contributed by atoms with Gasteiger partial charge in [-0.25, -0.2) is 0 Å². The monoisotopic (exact) mass is 265 g/mol. The molecule has 6 heteroatoms. The van der Waals surface area contributed by atoms with Gasteiger partial charge in [-0.2, -0.15) is 0 Å². The minimum Gasteiger partial charge on any atom is -0.330 e. The first-order chi connectivity index (χ1) is 9.04. The summed E-state index contributed by atoms with van der Waals surface area (Å²) in [4.78, 5) is 22.1. The Morgan fingerprint density at radius 1 is 1.37 bits per heavy atom. The highest BCUT2D eigenvalue weighted by Crippen LogP contribution is 2.25. The maximum absolute atomic E-state index is 11.7. The highest BCUT2D eigenvalue weighted by atomic mass is 16.6. The molecule has 1 aromatic rings. The van der Waals surface area contributed by atoms with Crippen molar-refractivity contribution in [1.82, 2.24) is 0 Å². The Balaban J connectivity index is 2.61. The second kappa shape index (κ2) is 7.48. The summed E-state index contributed by atoms with van der Waals surface area (Å²) in [5, 5.41) is 13.5. The molecule has 0 bridgehead atoms. The molecule has 1 amide bonds. The largest absolute Gasteiger partial charge is 0.330 e. The van der Waals surface area contributed by atoms with Crippen LogP contribution in [0.15, 0.2) is 18.2 Å². The lowest BCUT2D eigenvalue weighted by molar-refractivity contribution is -0.384. The van der Waals surface area contributed by atoms with E-state index in [1.165, 1.54) is 6.07 Å². The molecule has 0 fully saturated rings. The van der Waals surface area contributed by atoms with Gasteiger partial charge in [0, 0.05) is 12.5 Å². The standard InChI is InChI=1S/C13H19N3O3/c1-10-6-7-11(12(9-10)16(18)19)15-13(17)5-3-2-4-8-14/h6-7,9H,2-5,8,14H2,1H3,(H,15,17). The van der Waals surface area contributed by atoms with E-state index in [2.05, 4.69) is 5.32 Å². The van der Waals surface area contributed by atoms with Crippen LogP contribution in [0.1, 0.15) is 31.2 Å². The zero-order valence-electron chi connectivity index (χ0n) is 11.0. The maximum atomic E-state index is 11.7. The minimum absolute atomic E-state index is 0.0738. The molecule has 0 unspecified atom stereocenters. The molecule has 104 valence electrons. The molecule has 0 aliphatic heterocycles. The van der Waals surface area contributed by atoms with Gasteiger partial charge >= 0.3 is 0 Å². The molecule has 0 saturated heterocycles. The van der Waals surface area contributed by atoms with Gasteiger partial charge in [0.25, 0.3) is 5.69 Å². The van der Waals surface area contributed by atoms with E-state index in [0.29, 0.717) is 13.0 Å². The number of hydrogen-bond acceptors (Lipinski definition) is 4. The molecular weight excluding hydrogens is 246 g/mol. The van der Waals surface area contributed by atoms with Gasteiger partial charge in [0.05, 0.1) is 4.92 Å². The van der Waals surface area contributed by atoms with Crippen LogP contribution in [0.5, 0.6) is 0 Å². The number of carbonyl (C=O) groups is 1. The van der Waals surface area contributed by atoms with Gasteiger partial charge in [-0.3, -0.25) is 14.9 Å². The van der Waals surface area contributed by atoms with Crippen molar-refractivity contribution in [3.8, 4) is 0 Å². The summed E-state index contributed by atoms with van der Waals surface area (Å²) < 4.78 is 0. The Hall–Kier alpha value is -1.95. The summed E-state index contributed by atoms with van der Waals surface area (Å²) in [5.74, 6) is -0.205. The van der Waals surface area contributed by atoms with Gasteiger partial charge in [-0.1, -0.05) is 12.5 Å². The normalized spacial score (nSPS) is 10.2. The van der Waals surface area contributed by atoms with Crippen molar-refractivity contribution in [2.75, 3.05) is 11.9 Å². The molecule has 0 atom stereocenters. The van der Waals surface area contributed by atoms with E-state index in [-0.39, 0.29) is 17.3 Å². The maximum Gasteiger partial charge on any atom is 0.293 e. The van der Waals surface area contributed by atoms with Gasteiger partial charge in [0.15, 0.2) is 0 Å². The smallest absolute Gasteiger partial charge is 0.293 e. The summed E-state index contributed by atoms with van der Waals surface area (Å²) in [7, 11) is 0. The van der Waals surface area contributed by atoms with E-state index in [0.717, 1.165) is 24.8 Å². The zero-order chi connectivity index (χ0) is 14.3. The Bertz CT molecular complexity index is 460. The predicted molar refractivity (Wildman–Crippen MR) is 74.0 cm³/mol. The van der Waals surface area contributed by atoms with Crippen molar-refractivity contribution in [2.24, 2.45) is 5.73 Å². The Labute approximate surface area is 112 Å². The fourth-order valence-corrected chi connectivity index (χ4v) is 1.72. The fourth-order valence-electron chi connectivity index (χ4n) is 1.72. The Kier molecular flexibility index (Phi) is 5.95. The van der Waals surface area contributed by atoms with Crippen LogP contribution in [-0.4, -0.2) is 17.4 Å². The minimum atomic E-state index is -0.489. The fraction of sp³-hybridized carbons (Fsp3) is 0.462. The van der Waals surface area contributed by atoms with E-state index in [9.17, 15) is 14.9 Å². The third-order valence-electron chi connectivity index (χ3n) is 2.73. The summed E-state index contributed by atoms with van der Waals surface area (Å²) in [6.07, 6.45) is 2.87. The number of benzene rings is 1. The van der Waals surface area contributed by atoms with Crippen molar-refractivity contribution in [3.05, 3.63) is 33.9 Å². The SMILES string of the molecule is Cc1ccc(NC(=O)CCCCCN)c([N+](=O)[O-])c1. The highest BCUT2D eigenvalue weighted by molar-refractivity contribution is 5.93. The number of nitro groups is 1. The van der Waals surface area contributed by atoms with Crippen molar-refractivity contribution < 1.29 is 9.72 Å². The molecule has 0 aliphatic rings. The summed E-state index contributed by atoms with van der Waals surface area (Å²) >= 11 is 0. The van der Waals surface area contributed by atoms with Gasteiger partial charge < -0.3 is 11.1 Å². The first-order valence-corrected chi connectivity index (χ1v) is 6.29. The van der Waals surface area contributed by atoms with Crippen molar-refractivity contribution >= 4 is 17.3 Å². The van der Waals surface area contributed by atoms with Crippen LogP contribution in [0.25, 0.3) is 0 Å². The average molecular weight is 265 g/mol. The Morgan fingerprint density at radius 3 is 2.74 bits per heavy atom. The second-order valence-electron chi connectivity index (χ2n) is 4.43. The van der Waals surface area contributed by atoms with Gasteiger partial charge in [-0.05, 0) is 37.9 Å². The van der Waals surface area contributed by atoms with Gasteiger partial charge in [-0.15, -0.1) is 0 Å². The number of anilines is 1. The lowest BCUT2D eigenvalue weighted by Gasteiger charge is -2.06. The van der Waals surface area contributed by atoms with Gasteiger partial charge in [0.2, 0.25) is 5.91 Å². The lowest BCUT2D eigenvalue weighted by atomic mass is 10.1. The third kappa shape index (κ3) is 5.05. The number of unbranched alkanes of at least 4 members (excludes halogenated alkanes) is 2. The molecular formula is C13H19N3O3. The van der Waals surface area contributed by atoms with Crippen LogP contribution >= 0.6 is 0 Å². The van der Waals surface area contributed by atoms with E-state index in [4.69, 9.17) is 5.73 Å². The summed E-state index contributed by atoms with van der Waals surface area (Å²) in [5.41, 5.74) is 6.32. The van der Waals surface area contributed by atoms with Crippen molar-refractivity contribution in [1.29, 1.82) is 0 Å². The number of rotatable bonds is 7. The number of aryl methyl sites for hydroxylation is 1. The lowest BCUT2D eigenvalue weighted by Crippen LogP contribution is -2.12. The second-order valence-corrected chi connectivity index (χ2v) is 4.43. The number of carbonyl (C=O) groups excluding carboxylic acids is 1. The summed E-state index contributed by atoms with van der Waals surface area (Å²) in [6.45, 7) is 2.39. The predicted octanol–water partition coefficient (Wildman–Crippen LogP) is 2.36. The van der Waals surface area contributed by atoms with Crippen LogP contribution in [0.3, 0.4) is 0 Å². The summed E-state index contributed by atoms with van der Waals surface area (Å²) in [6, 6.07) is 4.74. The quantitative estimate of drug-likeness (QED) is 0.449. The third-order valence-corrected chi connectivity index (χ3v) is 2.73. The molecule has 1 rings (SSSR count). The van der Waals surface area contributed by atoms with Crippen LogP contribution < -0.4 is 11.1 Å². The van der Waals surface area contributed by atoms with Crippen LogP contribution in [0, 0.1) is 17.0 Å². The topological polar surface area (TPSA) is 98.3 Å². The van der Waals surface area contributed by atoms with Crippen LogP contribution in [0.4, 0.5) is 11.4 Å². The van der Waals surface area contributed by atoms with Crippen molar-refractivity contribution in [2.45, 2.75) is 32.6 Å². The van der Waals surface area contributed by atoms with E-state index in [1.54, 1.807) is 19.1 Å². The molecule has 0 aliphatic carbocycles. The molecule has 1 aromatic carbocycles. The number of nitrogens with zero attached hydrogens (tertiary/aromatic N) is 1. The van der Waals surface area contributed by atoms with Crippen LogP contribution in [0.2, 0.25) is 0 Å². The van der Waals surface area contributed by atoms with Crippen molar-refractivity contribution in [3.63, 3.8) is 0 Å². The highest BCUT2D eigenvalue weighted by Gasteiger charge is 2.15. The molecule has 3 N–H and O–H groups in total. The molecule has 6 nitrogen and oxygen atoms in total. The van der Waals surface area contributed by atoms with Gasteiger partial charge in [0.1, 0.15) is 5.69 Å². The van der Waals surface area contributed by atoms with E-state index in [1.807, 2.05) is 0 Å². The average Bonchev–Trinajstić information content (AvgIpc) is 2.36. The molecule has 0 spiro atoms. The Morgan fingerprint density at radius 2 is 2.11 bits per heavy atom. The number of amides is 1.